The van der Waals surface area contributed by atoms with Crippen LogP contribution in [0, 0.1) is 17.2 Å². The largest absolute Gasteiger partial charge is 0.508 e. The Labute approximate surface area is 113 Å². The molecule has 2 fully saturated rings. The molecule has 0 spiro atoms. The highest BCUT2D eigenvalue weighted by Crippen LogP contribution is 2.55. The van der Waals surface area contributed by atoms with Gasteiger partial charge in [-0.2, -0.15) is 0 Å². The number of aromatic hydroxyl groups is 1. The van der Waals surface area contributed by atoms with Gasteiger partial charge in [-0.15, -0.1) is 0 Å². The predicted octanol–water partition coefficient (Wildman–Crippen LogP) is 3.58. The molecular weight excluding hydrogens is 243 g/mol. The van der Waals surface area contributed by atoms with Gasteiger partial charge in [0.05, 0.1) is 6.10 Å². The van der Waals surface area contributed by atoms with E-state index < -0.39 is 0 Å². The van der Waals surface area contributed by atoms with E-state index in [1.54, 1.807) is 12.1 Å². The second kappa shape index (κ2) is 4.48. The summed E-state index contributed by atoms with van der Waals surface area (Å²) in [7, 11) is 0. The van der Waals surface area contributed by atoms with Crippen molar-refractivity contribution in [3.63, 3.8) is 0 Å². The van der Waals surface area contributed by atoms with Gasteiger partial charge in [0.1, 0.15) is 11.6 Å². The first-order valence-corrected chi connectivity index (χ1v) is 7.17. The maximum atomic E-state index is 13.9. The summed E-state index contributed by atoms with van der Waals surface area (Å²) in [5, 5.41) is 19.4. The molecule has 3 heteroatoms. The van der Waals surface area contributed by atoms with E-state index in [4.69, 9.17) is 0 Å². The summed E-state index contributed by atoms with van der Waals surface area (Å²) < 4.78 is 13.9. The molecular formula is C16H21FO2. The summed E-state index contributed by atoms with van der Waals surface area (Å²) in [5.41, 5.74) is 0.755. The highest BCUT2D eigenvalue weighted by atomic mass is 19.1. The maximum Gasteiger partial charge on any atom is 0.130 e. The zero-order valence-electron chi connectivity index (χ0n) is 11.3. The number of halogens is 1. The molecule has 2 saturated carbocycles. The molecule has 0 aromatic heterocycles. The molecule has 0 saturated heterocycles. The topological polar surface area (TPSA) is 40.5 Å². The van der Waals surface area contributed by atoms with Crippen molar-refractivity contribution in [2.75, 3.05) is 0 Å². The number of rotatable bonds is 1. The zero-order valence-corrected chi connectivity index (χ0v) is 11.3. The van der Waals surface area contributed by atoms with E-state index in [0.29, 0.717) is 5.92 Å². The van der Waals surface area contributed by atoms with Crippen LogP contribution in [-0.2, 0) is 0 Å². The molecule has 104 valence electrons. The first-order chi connectivity index (χ1) is 9.00. The SMILES string of the molecule is C[C@]12CC[C@H](c3ccc(O)cc3F)C[C@H]1CC[C@@H]2O. The molecule has 19 heavy (non-hydrogen) atoms. The quantitative estimate of drug-likeness (QED) is 0.814. The molecule has 0 bridgehead atoms. The Morgan fingerprint density at radius 2 is 2.05 bits per heavy atom. The summed E-state index contributed by atoms with van der Waals surface area (Å²) in [6.07, 6.45) is 4.58. The number of hydrogen-bond donors (Lipinski definition) is 2. The smallest absolute Gasteiger partial charge is 0.130 e. The fraction of sp³-hybridized carbons (Fsp3) is 0.625. The van der Waals surface area contributed by atoms with E-state index in [2.05, 4.69) is 6.92 Å². The van der Waals surface area contributed by atoms with Gasteiger partial charge in [0, 0.05) is 6.07 Å². The van der Waals surface area contributed by atoms with E-state index in [0.717, 1.165) is 37.7 Å². The average Bonchev–Trinajstić information content (AvgIpc) is 2.66. The normalized spacial score (nSPS) is 38.2. The van der Waals surface area contributed by atoms with Crippen molar-refractivity contribution in [1.29, 1.82) is 0 Å². The van der Waals surface area contributed by atoms with Crippen molar-refractivity contribution in [3.8, 4) is 5.75 Å². The Hall–Kier alpha value is -1.09. The van der Waals surface area contributed by atoms with Gasteiger partial charge in [-0.25, -0.2) is 4.39 Å². The second-order valence-corrected chi connectivity index (χ2v) is 6.47. The number of aliphatic hydroxyl groups excluding tert-OH is 1. The number of hydrogen-bond acceptors (Lipinski definition) is 2. The van der Waals surface area contributed by atoms with Gasteiger partial charge in [-0.3, -0.25) is 0 Å². The summed E-state index contributed by atoms with van der Waals surface area (Å²) in [5.74, 6) is 0.406. The molecule has 3 rings (SSSR count). The molecule has 0 amide bonds. The predicted molar refractivity (Wildman–Crippen MR) is 71.5 cm³/mol. The van der Waals surface area contributed by atoms with Crippen molar-refractivity contribution < 1.29 is 14.6 Å². The van der Waals surface area contributed by atoms with E-state index >= 15 is 0 Å². The van der Waals surface area contributed by atoms with Gasteiger partial charge in [0.25, 0.3) is 0 Å². The van der Waals surface area contributed by atoms with Gasteiger partial charge < -0.3 is 10.2 Å². The van der Waals surface area contributed by atoms with Crippen LogP contribution in [0.2, 0.25) is 0 Å². The summed E-state index contributed by atoms with van der Waals surface area (Å²) in [4.78, 5) is 0. The summed E-state index contributed by atoms with van der Waals surface area (Å²) >= 11 is 0. The van der Waals surface area contributed by atoms with Crippen molar-refractivity contribution in [3.05, 3.63) is 29.6 Å². The Morgan fingerprint density at radius 1 is 1.26 bits per heavy atom. The summed E-state index contributed by atoms with van der Waals surface area (Å²) in [6.45, 7) is 2.18. The molecule has 4 atom stereocenters. The van der Waals surface area contributed by atoms with E-state index in [-0.39, 0.29) is 29.0 Å². The highest BCUT2D eigenvalue weighted by Gasteiger charge is 2.49. The highest BCUT2D eigenvalue weighted by molar-refractivity contribution is 5.30. The third-order valence-corrected chi connectivity index (χ3v) is 5.51. The number of phenols is 1. The third-order valence-electron chi connectivity index (χ3n) is 5.51. The molecule has 2 aliphatic rings. The Bertz CT molecular complexity index is 488. The minimum Gasteiger partial charge on any atom is -0.508 e. The van der Waals surface area contributed by atoms with Crippen LogP contribution >= 0.6 is 0 Å². The fourth-order valence-corrected chi connectivity index (χ4v) is 4.12. The monoisotopic (exact) mass is 264 g/mol. The van der Waals surface area contributed by atoms with Gasteiger partial charge in [-0.05, 0) is 61.0 Å². The standard InChI is InChI=1S/C16H21FO2/c1-16-7-6-10(8-11(16)2-5-15(16)19)13-4-3-12(18)9-14(13)17/h3-4,9-11,15,18-19H,2,5-8H2,1H3/t10-,11+,15-,16-/m0/s1. The Balaban J connectivity index is 1.82. The van der Waals surface area contributed by atoms with Crippen molar-refractivity contribution in [2.24, 2.45) is 11.3 Å². The van der Waals surface area contributed by atoms with E-state index in [9.17, 15) is 14.6 Å². The third kappa shape index (κ3) is 2.04. The minimum atomic E-state index is -0.299. The second-order valence-electron chi connectivity index (χ2n) is 6.47. The van der Waals surface area contributed by atoms with Crippen molar-refractivity contribution in [2.45, 2.75) is 51.0 Å². The first kappa shape index (κ1) is 12.9. The van der Waals surface area contributed by atoms with Crippen molar-refractivity contribution in [1.82, 2.24) is 0 Å². The number of aliphatic hydroxyl groups is 1. The molecule has 0 unspecified atom stereocenters. The molecule has 1 aromatic carbocycles. The van der Waals surface area contributed by atoms with Crippen LogP contribution in [0.25, 0.3) is 0 Å². The van der Waals surface area contributed by atoms with Gasteiger partial charge in [-0.1, -0.05) is 13.0 Å². The summed E-state index contributed by atoms with van der Waals surface area (Å²) in [6, 6.07) is 4.48. The van der Waals surface area contributed by atoms with Crippen LogP contribution < -0.4 is 0 Å². The Kier molecular flexibility index (Phi) is 3.05. The van der Waals surface area contributed by atoms with Gasteiger partial charge >= 0.3 is 0 Å². The minimum absolute atomic E-state index is 0.0156. The van der Waals surface area contributed by atoms with Crippen molar-refractivity contribution >= 4 is 0 Å². The van der Waals surface area contributed by atoms with Crippen LogP contribution in [0.5, 0.6) is 5.75 Å². The maximum absolute atomic E-state index is 13.9. The van der Waals surface area contributed by atoms with Crippen LogP contribution in [-0.4, -0.2) is 16.3 Å². The van der Waals surface area contributed by atoms with Crippen LogP contribution in [0.4, 0.5) is 4.39 Å². The van der Waals surface area contributed by atoms with Gasteiger partial charge in [0.15, 0.2) is 0 Å². The molecule has 2 aliphatic carbocycles. The van der Waals surface area contributed by atoms with E-state index in [1.807, 2.05) is 0 Å². The molecule has 0 aliphatic heterocycles. The lowest BCUT2D eigenvalue weighted by atomic mass is 9.64. The molecule has 2 nitrogen and oxygen atoms in total. The lowest BCUT2D eigenvalue weighted by molar-refractivity contribution is 0.00845. The number of benzene rings is 1. The first-order valence-electron chi connectivity index (χ1n) is 7.17. The fourth-order valence-electron chi connectivity index (χ4n) is 4.12. The number of fused-ring (bicyclic) bond motifs is 1. The molecule has 0 heterocycles. The average molecular weight is 264 g/mol. The van der Waals surface area contributed by atoms with Gasteiger partial charge in [0.2, 0.25) is 0 Å². The lowest BCUT2D eigenvalue weighted by Gasteiger charge is -2.42. The zero-order chi connectivity index (χ0) is 13.6. The Morgan fingerprint density at radius 3 is 2.79 bits per heavy atom. The van der Waals surface area contributed by atoms with Crippen LogP contribution in [0.3, 0.4) is 0 Å². The molecule has 1 aromatic rings. The van der Waals surface area contributed by atoms with Crippen LogP contribution in [0.15, 0.2) is 18.2 Å². The van der Waals surface area contributed by atoms with E-state index in [1.165, 1.54) is 6.07 Å². The molecule has 2 N–H and O–H groups in total. The molecule has 0 radical (unpaired) electrons. The lowest BCUT2D eigenvalue weighted by Crippen LogP contribution is -2.37. The number of phenolic OH excluding ortho intramolecular Hbond substituents is 1. The van der Waals surface area contributed by atoms with Crippen LogP contribution in [0.1, 0.15) is 50.5 Å².